The number of nitrogens with zero attached hydrogens (tertiary/aromatic N) is 1. The number of hydrogen-bond acceptors (Lipinski definition) is 6. The van der Waals surface area contributed by atoms with Gasteiger partial charge in [0, 0.05) is 27.2 Å². The molecule has 2 aliphatic heterocycles. The summed E-state index contributed by atoms with van der Waals surface area (Å²) >= 11 is 9.53. The summed E-state index contributed by atoms with van der Waals surface area (Å²) < 4.78 is 12.2. The molecule has 0 saturated carbocycles. The molecule has 2 N–H and O–H groups in total. The maximum absolute atomic E-state index is 13.2. The van der Waals surface area contributed by atoms with E-state index in [0.717, 1.165) is 5.56 Å². The molecule has 36 heavy (non-hydrogen) atoms. The number of hydrogen-bond donors (Lipinski definition) is 2. The summed E-state index contributed by atoms with van der Waals surface area (Å²) in [5.74, 6) is -0.132. The van der Waals surface area contributed by atoms with Gasteiger partial charge in [-0.3, -0.25) is 20.2 Å². The van der Waals surface area contributed by atoms with Crippen LogP contribution in [0.25, 0.3) is 0 Å². The van der Waals surface area contributed by atoms with Crippen molar-refractivity contribution >= 4 is 39.1 Å². The topological polar surface area (TPSA) is 103 Å². The average Bonchev–Trinajstić information content (AvgIpc) is 3.32. The molecule has 186 valence electrons. The number of nitro groups is 1. The molecule has 0 bridgehead atoms. The van der Waals surface area contributed by atoms with Gasteiger partial charge in [0.1, 0.15) is 6.61 Å². The highest BCUT2D eigenvalue weighted by Gasteiger charge is 2.67. The molecule has 8 nitrogen and oxygen atoms in total. The molecule has 1 saturated heterocycles. The molecule has 3 aromatic carbocycles. The van der Waals surface area contributed by atoms with Gasteiger partial charge in [0.2, 0.25) is 0 Å². The van der Waals surface area contributed by atoms with Gasteiger partial charge in [-0.05, 0) is 64.3 Å². The zero-order valence-corrected chi connectivity index (χ0v) is 21.8. The number of rotatable bonds is 6. The minimum atomic E-state index is -1.48. The van der Waals surface area contributed by atoms with E-state index in [1.54, 1.807) is 48.5 Å². The van der Waals surface area contributed by atoms with Gasteiger partial charge in [-0.15, -0.1) is 0 Å². The fourth-order valence-corrected chi connectivity index (χ4v) is 6.06. The monoisotopic (exact) mass is 571 g/mol. The number of methoxy groups -OCH3 is 1. The predicted molar refractivity (Wildman–Crippen MR) is 139 cm³/mol. The largest absolute Gasteiger partial charge is 0.493 e. The number of para-hydroxylation sites is 1. The third kappa shape index (κ3) is 3.91. The third-order valence-corrected chi connectivity index (χ3v) is 7.74. The van der Waals surface area contributed by atoms with Crippen LogP contribution >= 0.6 is 27.5 Å². The lowest BCUT2D eigenvalue weighted by atomic mass is 9.78. The summed E-state index contributed by atoms with van der Waals surface area (Å²) in [5, 5.41) is 19.3. The van der Waals surface area contributed by atoms with Gasteiger partial charge < -0.3 is 14.8 Å². The van der Waals surface area contributed by atoms with Crippen LogP contribution in [0.3, 0.4) is 0 Å². The van der Waals surface area contributed by atoms with Crippen molar-refractivity contribution in [2.24, 2.45) is 0 Å². The Labute approximate surface area is 221 Å². The van der Waals surface area contributed by atoms with E-state index in [1.165, 1.54) is 7.11 Å². The van der Waals surface area contributed by atoms with E-state index in [9.17, 15) is 14.9 Å². The Kier molecular flexibility index (Phi) is 6.40. The molecule has 10 heteroatoms. The molecule has 2 aliphatic rings. The first-order valence-corrected chi connectivity index (χ1v) is 12.5. The summed E-state index contributed by atoms with van der Waals surface area (Å²) in [7, 11) is 1.52. The molecule has 3 aromatic rings. The number of fused-ring (bicyclic) bond motifs is 2. The normalized spacial score (nSPS) is 24.4. The number of anilines is 1. The Bertz CT molecular complexity index is 1350. The van der Waals surface area contributed by atoms with E-state index < -0.39 is 23.4 Å². The van der Waals surface area contributed by atoms with Gasteiger partial charge in [-0.1, -0.05) is 41.9 Å². The number of carbonyl (C=O) groups excluding carboxylic acids is 1. The Balaban J connectivity index is 1.53. The van der Waals surface area contributed by atoms with Crippen LogP contribution in [-0.2, 0) is 16.9 Å². The smallest absolute Gasteiger partial charge is 0.256 e. The van der Waals surface area contributed by atoms with E-state index in [-0.39, 0.29) is 17.6 Å². The highest BCUT2D eigenvalue weighted by Crippen LogP contribution is 2.51. The Morgan fingerprint density at radius 3 is 2.58 bits per heavy atom. The molecule has 2 heterocycles. The van der Waals surface area contributed by atoms with E-state index >= 15 is 0 Å². The predicted octanol–water partition coefficient (Wildman–Crippen LogP) is 5.26. The van der Waals surface area contributed by atoms with Crippen molar-refractivity contribution in [3.05, 3.63) is 97.0 Å². The van der Waals surface area contributed by atoms with Crippen LogP contribution < -0.4 is 20.1 Å². The van der Waals surface area contributed by atoms with Crippen LogP contribution in [0, 0.1) is 10.1 Å². The van der Waals surface area contributed by atoms with Crippen LogP contribution in [0.15, 0.2) is 65.1 Å². The number of carbonyl (C=O) groups is 1. The third-order valence-electron chi connectivity index (χ3n) is 6.90. The zero-order chi connectivity index (χ0) is 25.6. The molecule has 1 fully saturated rings. The van der Waals surface area contributed by atoms with Gasteiger partial charge in [-0.25, -0.2) is 0 Å². The molecule has 0 aromatic heterocycles. The van der Waals surface area contributed by atoms with Crippen LogP contribution in [-0.4, -0.2) is 30.0 Å². The molecule has 5 rings (SSSR count). The Hall–Kier alpha value is -3.14. The second kappa shape index (κ2) is 9.38. The first-order chi connectivity index (χ1) is 17.3. The van der Waals surface area contributed by atoms with Crippen molar-refractivity contribution in [2.45, 2.75) is 37.1 Å². The second-order valence-corrected chi connectivity index (χ2v) is 10.2. The van der Waals surface area contributed by atoms with Crippen LogP contribution in [0.1, 0.15) is 29.5 Å². The molecular formula is C26H23BrClN3O5. The lowest BCUT2D eigenvalue weighted by Crippen LogP contribution is -2.54. The van der Waals surface area contributed by atoms with E-state index in [1.807, 2.05) is 19.1 Å². The van der Waals surface area contributed by atoms with Gasteiger partial charge in [0.05, 0.1) is 17.5 Å². The SMILES string of the molecule is COc1cc([C@@H]2[C@H](C)N[C@]3(C(=O)Nc4ccccc43)[C@@H]2[N+](=O)[O-])cc(Br)c1OCc1ccc(Cl)cc1. The lowest BCUT2D eigenvalue weighted by Gasteiger charge is -2.25. The van der Waals surface area contributed by atoms with E-state index in [4.69, 9.17) is 21.1 Å². The molecule has 0 radical (unpaired) electrons. The minimum absolute atomic E-state index is 0.282. The number of benzene rings is 3. The summed E-state index contributed by atoms with van der Waals surface area (Å²) in [6.45, 7) is 2.14. The van der Waals surface area contributed by atoms with Gasteiger partial charge in [0.15, 0.2) is 17.0 Å². The Morgan fingerprint density at radius 2 is 1.89 bits per heavy atom. The zero-order valence-electron chi connectivity index (χ0n) is 19.5. The number of nitrogens with one attached hydrogen (secondary N) is 2. The van der Waals surface area contributed by atoms with Crippen molar-refractivity contribution < 1.29 is 19.2 Å². The molecule has 0 unspecified atom stereocenters. The molecule has 0 aliphatic carbocycles. The minimum Gasteiger partial charge on any atom is -0.493 e. The van der Waals surface area contributed by atoms with E-state index in [0.29, 0.717) is 37.8 Å². The van der Waals surface area contributed by atoms with Gasteiger partial charge >= 0.3 is 0 Å². The Morgan fingerprint density at radius 1 is 1.17 bits per heavy atom. The van der Waals surface area contributed by atoms with Crippen LogP contribution in [0.2, 0.25) is 5.02 Å². The fraction of sp³-hybridized carbons (Fsp3) is 0.269. The molecule has 1 amide bonds. The van der Waals surface area contributed by atoms with Crippen molar-refractivity contribution in [1.29, 1.82) is 0 Å². The van der Waals surface area contributed by atoms with Crippen LogP contribution in [0.4, 0.5) is 5.69 Å². The maximum atomic E-state index is 13.2. The summed E-state index contributed by atoms with van der Waals surface area (Å²) in [4.78, 5) is 25.4. The first kappa shape index (κ1) is 24.5. The van der Waals surface area contributed by atoms with Crippen LogP contribution in [0.5, 0.6) is 11.5 Å². The maximum Gasteiger partial charge on any atom is 0.256 e. The highest BCUT2D eigenvalue weighted by molar-refractivity contribution is 9.10. The van der Waals surface area contributed by atoms with Crippen molar-refractivity contribution in [1.82, 2.24) is 5.32 Å². The number of halogens is 2. The van der Waals surface area contributed by atoms with Crippen molar-refractivity contribution in [2.75, 3.05) is 12.4 Å². The van der Waals surface area contributed by atoms with Gasteiger partial charge in [0.25, 0.3) is 11.9 Å². The van der Waals surface area contributed by atoms with Crippen molar-refractivity contribution in [3.8, 4) is 11.5 Å². The first-order valence-electron chi connectivity index (χ1n) is 11.3. The number of amides is 1. The highest BCUT2D eigenvalue weighted by atomic mass is 79.9. The molecule has 1 spiro atoms. The second-order valence-electron chi connectivity index (χ2n) is 8.95. The standard InChI is InChI=1S/C26H23BrClN3O5/c1-14-22(24(31(33)34)26(30-14)18-5-3-4-6-20(18)29-25(26)32)16-11-19(27)23(21(12-16)35-2)36-13-15-7-9-17(28)10-8-15/h3-12,14,22,24,30H,13H2,1-2H3,(H,29,32)/t14-,22-,24+,26-/m0/s1. The molecule has 4 atom stereocenters. The fourth-order valence-electron chi connectivity index (χ4n) is 5.36. The number of ether oxygens (including phenoxy) is 2. The summed E-state index contributed by atoms with van der Waals surface area (Å²) in [6, 6.07) is 16.3. The van der Waals surface area contributed by atoms with Crippen molar-refractivity contribution in [3.63, 3.8) is 0 Å². The summed E-state index contributed by atoms with van der Waals surface area (Å²) in [5.41, 5.74) is 1.27. The average molecular weight is 573 g/mol. The summed E-state index contributed by atoms with van der Waals surface area (Å²) in [6.07, 6.45) is 0. The quantitative estimate of drug-likeness (QED) is 0.309. The lowest BCUT2D eigenvalue weighted by molar-refractivity contribution is -0.532. The molecular weight excluding hydrogens is 550 g/mol. The van der Waals surface area contributed by atoms with Gasteiger partial charge in [-0.2, -0.15) is 0 Å². The van der Waals surface area contributed by atoms with E-state index in [2.05, 4.69) is 26.6 Å².